The van der Waals surface area contributed by atoms with Crippen LogP contribution < -0.4 is 4.74 Å². The predicted molar refractivity (Wildman–Crippen MR) is 113 cm³/mol. The smallest absolute Gasteiger partial charge is 0.229 e. The summed E-state index contributed by atoms with van der Waals surface area (Å²) in [5.74, 6) is 1.91. The Labute approximate surface area is 177 Å². The van der Waals surface area contributed by atoms with Crippen molar-refractivity contribution in [3.63, 3.8) is 0 Å². The minimum atomic E-state index is -0.601. The minimum Gasteiger partial charge on any atom is -0.490 e. The maximum atomic E-state index is 12.5. The van der Waals surface area contributed by atoms with Crippen molar-refractivity contribution in [3.05, 3.63) is 23.8 Å². The largest absolute Gasteiger partial charge is 0.490 e. The Hall–Kier alpha value is -1.53. The first kappa shape index (κ1) is 20.7. The fraction of sp³-hybridized carbons (Fsp3) is 0.652. The number of rotatable bonds is 7. The molecule has 1 aliphatic carbocycles. The number of aryl methyl sites for hydroxylation is 1. The summed E-state index contributed by atoms with van der Waals surface area (Å²) in [5, 5.41) is 10.3. The van der Waals surface area contributed by atoms with Crippen LogP contribution in [0.2, 0.25) is 0 Å². The maximum absolute atomic E-state index is 12.5. The van der Waals surface area contributed by atoms with Gasteiger partial charge in [0, 0.05) is 19.4 Å². The summed E-state index contributed by atoms with van der Waals surface area (Å²) >= 11 is 1.82. The summed E-state index contributed by atoms with van der Waals surface area (Å²) in [5.41, 5.74) is 1.28. The summed E-state index contributed by atoms with van der Waals surface area (Å²) in [6.07, 6.45) is 8.12. The molecule has 1 saturated carbocycles. The molecule has 6 heteroatoms. The number of ether oxygens (including phenoxy) is 1. The summed E-state index contributed by atoms with van der Waals surface area (Å²) in [4.78, 5) is 27.6. The van der Waals surface area contributed by atoms with Crippen LogP contribution >= 0.6 is 11.8 Å². The van der Waals surface area contributed by atoms with Crippen LogP contribution in [-0.4, -0.2) is 46.8 Å². The number of piperidine rings is 1. The number of thioether (sulfide) groups is 1. The molecule has 1 unspecified atom stereocenters. The van der Waals surface area contributed by atoms with Gasteiger partial charge in [-0.3, -0.25) is 14.5 Å². The molecule has 1 atom stereocenters. The second-order valence-corrected chi connectivity index (χ2v) is 9.91. The van der Waals surface area contributed by atoms with Crippen molar-refractivity contribution in [2.24, 2.45) is 5.41 Å². The van der Waals surface area contributed by atoms with Gasteiger partial charge in [-0.15, -0.1) is 11.8 Å². The van der Waals surface area contributed by atoms with Crippen molar-refractivity contribution < 1.29 is 19.4 Å². The highest BCUT2D eigenvalue weighted by atomic mass is 32.2. The number of nitrogens with zero attached hydrogens (tertiary/aromatic N) is 1. The molecule has 2 amide bonds. The highest BCUT2D eigenvalue weighted by molar-refractivity contribution is 7.99. The van der Waals surface area contributed by atoms with Gasteiger partial charge < -0.3 is 9.84 Å². The van der Waals surface area contributed by atoms with E-state index in [0.29, 0.717) is 32.2 Å². The van der Waals surface area contributed by atoms with Gasteiger partial charge >= 0.3 is 0 Å². The van der Waals surface area contributed by atoms with E-state index in [1.54, 1.807) is 0 Å². The molecular formula is C23H31NO4S. The van der Waals surface area contributed by atoms with Gasteiger partial charge in [0.1, 0.15) is 12.4 Å². The number of hydrogen-bond acceptors (Lipinski definition) is 5. The number of fused-ring (bicyclic) bond motifs is 1. The quantitative estimate of drug-likeness (QED) is 0.681. The lowest BCUT2D eigenvalue weighted by atomic mass is 9.76. The van der Waals surface area contributed by atoms with Gasteiger partial charge in [-0.1, -0.05) is 25.0 Å². The number of likely N-dealkylation sites (tertiary alicyclic amines) is 1. The maximum Gasteiger partial charge on any atom is 0.229 e. The first-order valence-corrected chi connectivity index (χ1v) is 11.9. The van der Waals surface area contributed by atoms with Gasteiger partial charge in [-0.2, -0.15) is 0 Å². The van der Waals surface area contributed by atoms with Crippen LogP contribution in [0.5, 0.6) is 5.75 Å². The van der Waals surface area contributed by atoms with E-state index in [1.807, 2.05) is 23.9 Å². The zero-order valence-electron chi connectivity index (χ0n) is 17.0. The second kappa shape index (κ2) is 9.09. The second-order valence-electron chi connectivity index (χ2n) is 8.80. The molecule has 0 radical (unpaired) electrons. The number of benzene rings is 1. The van der Waals surface area contributed by atoms with Crippen molar-refractivity contribution >= 4 is 23.6 Å². The molecule has 4 rings (SSSR count). The van der Waals surface area contributed by atoms with Crippen molar-refractivity contribution in [3.8, 4) is 5.75 Å². The molecule has 2 aliphatic heterocycles. The van der Waals surface area contributed by atoms with E-state index in [4.69, 9.17) is 4.74 Å². The number of imide groups is 1. The van der Waals surface area contributed by atoms with Crippen LogP contribution in [0.15, 0.2) is 23.1 Å². The zero-order valence-corrected chi connectivity index (χ0v) is 17.8. The Morgan fingerprint density at radius 1 is 1.14 bits per heavy atom. The molecule has 0 aromatic heterocycles. The monoisotopic (exact) mass is 417 g/mol. The number of carbonyl (C=O) groups is 2. The average molecular weight is 418 g/mol. The number of aliphatic hydroxyl groups excluding tert-OH is 1. The average Bonchev–Trinajstić information content (AvgIpc) is 3.15. The zero-order chi connectivity index (χ0) is 20.3. The molecule has 5 nitrogen and oxygen atoms in total. The molecule has 0 bridgehead atoms. The van der Waals surface area contributed by atoms with Gasteiger partial charge in [0.05, 0.1) is 11.0 Å². The van der Waals surface area contributed by atoms with Crippen LogP contribution in [0, 0.1) is 5.41 Å². The van der Waals surface area contributed by atoms with Gasteiger partial charge in [-0.05, 0) is 61.3 Å². The predicted octanol–water partition coefficient (Wildman–Crippen LogP) is 3.95. The molecule has 1 aromatic rings. The Morgan fingerprint density at radius 2 is 1.90 bits per heavy atom. The number of aliphatic hydroxyl groups is 1. The molecular weight excluding hydrogens is 386 g/mol. The molecule has 158 valence electrons. The number of carbonyl (C=O) groups excluding carboxylic acids is 2. The molecule has 29 heavy (non-hydrogen) atoms. The SMILES string of the molecule is O=C1CC2(CCCC2)CC(=O)N1CCCC(O)COc1cccc2c1SCCC2. The van der Waals surface area contributed by atoms with Crippen molar-refractivity contribution in [1.29, 1.82) is 0 Å². The lowest BCUT2D eigenvalue weighted by molar-refractivity contribution is -0.153. The molecule has 2 fully saturated rings. The summed E-state index contributed by atoms with van der Waals surface area (Å²) in [7, 11) is 0. The van der Waals surface area contributed by atoms with Gasteiger partial charge in [0.2, 0.25) is 11.8 Å². The van der Waals surface area contributed by atoms with Crippen molar-refractivity contribution in [2.75, 3.05) is 18.9 Å². The molecule has 1 aromatic carbocycles. The van der Waals surface area contributed by atoms with E-state index >= 15 is 0 Å². The minimum absolute atomic E-state index is 0.0261. The van der Waals surface area contributed by atoms with Crippen LogP contribution in [0.4, 0.5) is 0 Å². The van der Waals surface area contributed by atoms with Gasteiger partial charge in [-0.25, -0.2) is 0 Å². The fourth-order valence-electron chi connectivity index (χ4n) is 4.99. The molecule has 1 saturated heterocycles. The van der Waals surface area contributed by atoms with Crippen LogP contribution in [-0.2, 0) is 16.0 Å². The Balaban J connectivity index is 1.22. The Bertz CT molecular complexity index is 739. The Morgan fingerprint density at radius 3 is 2.66 bits per heavy atom. The molecule has 1 N–H and O–H groups in total. The topological polar surface area (TPSA) is 66.8 Å². The standard InChI is InChI=1S/C23H31NO4S/c25-18(16-28-19-9-3-6-17-7-5-13-29-22(17)19)8-4-12-24-20(26)14-23(15-21(24)27)10-1-2-11-23/h3,6,9,18,25H,1-2,4-5,7-8,10-16H2. The normalized spacial score (nSPS) is 22.0. The van der Waals surface area contributed by atoms with Crippen molar-refractivity contribution in [2.45, 2.75) is 75.2 Å². The summed E-state index contributed by atoms with van der Waals surface area (Å²) in [6, 6.07) is 6.12. The lowest BCUT2D eigenvalue weighted by Gasteiger charge is -2.37. The highest BCUT2D eigenvalue weighted by Gasteiger charge is 2.44. The first-order chi connectivity index (χ1) is 14.1. The van der Waals surface area contributed by atoms with Gasteiger partial charge in [0.15, 0.2) is 0 Å². The number of amides is 2. The lowest BCUT2D eigenvalue weighted by Crippen LogP contribution is -2.47. The van der Waals surface area contributed by atoms with E-state index in [-0.39, 0.29) is 23.8 Å². The van der Waals surface area contributed by atoms with Gasteiger partial charge in [0.25, 0.3) is 0 Å². The van der Waals surface area contributed by atoms with Crippen molar-refractivity contribution in [1.82, 2.24) is 4.90 Å². The van der Waals surface area contributed by atoms with E-state index in [2.05, 4.69) is 6.07 Å². The van der Waals surface area contributed by atoms with E-state index < -0.39 is 6.10 Å². The van der Waals surface area contributed by atoms with E-state index in [1.165, 1.54) is 21.8 Å². The fourth-order valence-corrected chi connectivity index (χ4v) is 6.11. The molecule has 3 aliphatic rings. The van der Waals surface area contributed by atoms with Crippen LogP contribution in [0.3, 0.4) is 0 Å². The third kappa shape index (κ3) is 4.80. The highest BCUT2D eigenvalue weighted by Crippen LogP contribution is 2.47. The number of hydrogen-bond donors (Lipinski definition) is 1. The summed E-state index contributed by atoms with van der Waals surface area (Å²) in [6.45, 7) is 0.642. The van der Waals surface area contributed by atoms with Crippen LogP contribution in [0.1, 0.15) is 63.4 Å². The Kier molecular flexibility index (Phi) is 6.50. The third-order valence-corrected chi connectivity index (χ3v) is 7.81. The molecule has 2 heterocycles. The third-order valence-electron chi connectivity index (χ3n) is 6.57. The first-order valence-electron chi connectivity index (χ1n) is 11.0. The van der Waals surface area contributed by atoms with E-state index in [0.717, 1.165) is 43.6 Å². The molecule has 1 spiro atoms. The van der Waals surface area contributed by atoms with E-state index in [9.17, 15) is 14.7 Å². The van der Waals surface area contributed by atoms with Crippen LogP contribution in [0.25, 0.3) is 0 Å². The summed E-state index contributed by atoms with van der Waals surface area (Å²) < 4.78 is 5.90.